The summed E-state index contributed by atoms with van der Waals surface area (Å²) in [6.45, 7) is 4.71. The molecule has 0 heterocycles. The van der Waals surface area contributed by atoms with E-state index in [1.807, 2.05) is 0 Å². The molecule has 1 nitrogen and oxygen atoms in total. The summed E-state index contributed by atoms with van der Waals surface area (Å²) >= 11 is 0. The van der Waals surface area contributed by atoms with Crippen LogP contribution < -0.4 is 4.90 Å². The SMILES string of the molecule is CC1(C)c2ccc(N(c3ccccc3)c3ccc(-c4cccc5ccccc45)cc3)cc2-c2c1ccc1ccccc21. The Labute approximate surface area is 247 Å². The number of rotatable bonds is 4. The molecule has 0 spiro atoms. The maximum atomic E-state index is 2.40. The molecule has 42 heavy (non-hydrogen) atoms. The van der Waals surface area contributed by atoms with Gasteiger partial charge in [-0.1, -0.05) is 129 Å². The Bertz CT molecular complexity index is 2100. The molecule has 1 aliphatic carbocycles. The Morgan fingerprint density at radius 1 is 0.429 bits per heavy atom. The summed E-state index contributed by atoms with van der Waals surface area (Å²) in [6, 6.07) is 55.3. The molecule has 8 rings (SSSR count). The van der Waals surface area contributed by atoms with Crippen LogP contribution in [0.3, 0.4) is 0 Å². The van der Waals surface area contributed by atoms with Gasteiger partial charge in [0.1, 0.15) is 0 Å². The molecule has 7 aromatic carbocycles. The van der Waals surface area contributed by atoms with Gasteiger partial charge in [0.15, 0.2) is 0 Å². The lowest BCUT2D eigenvalue weighted by Gasteiger charge is -2.27. The van der Waals surface area contributed by atoms with Crippen molar-refractivity contribution in [2.75, 3.05) is 4.90 Å². The molecule has 0 radical (unpaired) electrons. The van der Waals surface area contributed by atoms with Crippen molar-refractivity contribution in [3.63, 3.8) is 0 Å². The molecule has 0 amide bonds. The zero-order valence-electron chi connectivity index (χ0n) is 23.9. The van der Waals surface area contributed by atoms with E-state index in [1.165, 1.54) is 54.9 Å². The predicted octanol–water partition coefficient (Wildman–Crippen LogP) is 11.4. The van der Waals surface area contributed by atoms with Gasteiger partial charge in [-0.25, -0.2) is 0 Å². The summed E-state index contributed by atoms with van der Waals surface area (Å²) in [4.78, 5) is 2.38. The zero-order chi connectivity index (χ0) is 28.3. The van der Waals surface area contributed by atoms with Gasteiger partial charge in [-0.15, -0.1) is 0 Å². The normalized spacial score (nSPS) is 13.2. The van der Waals surface area contributed by atoms with Gasteiger partial charge < -0.3 is 4.90 Å². The Morgan fingerprint density at radius 2 is 1.02 bits per heavy atom. The second-order valence-electron chi connectivity index (χ2n) is 11.8. The molecule has 200 valence electrons. The molecule has 1 aliphatic rings. The molecule has 7 aromatic rings. The molecular weight excluding hydrogens is 506 g/mol. The summed E-state index contributed by atoms with van der Waals surface area (Å²) in [5.74, 6) is 0. The minimum atomic E-state index is -0.0507. The third-order valence-corrected chi connectivity index (χ3v) is 9.05. The number of hydrogen-bond donors (Lipinski definition) is 0. The molecular formula is C41H31N. The predicted molar refractivity (Wildman–Crippen MR) is 179 cm³/mol. The second kappa shape index (κ2) is 9.46. The van der Waals surface area contributed by atoms with Crippen LogP contribution in [-0.4, -0.2) is 0 Å². The average Bonchev–Trinajstić information content (AvgIpc) is 3.28. The van der Waals surface area contributed by atoms with E-state index in [0.29, 0.717) is 0 Å². The third-order valence-electron chi connectivity index (χ3n) is 9.05. The Kier molecular flexibility index (Phi) is 5.55. The van der Waals surface area contributed by atoms with Crippen molar-refractivity contribution in [1.29, 1.82) is 0 Å². The van der Waals surface area contributed by atoms with Crippen molar-refractivity contribution < 1.29 is 0 Å². The molecule has 0 saturated heterocycles. The van der Waals surface area contributed by atoms with E-state index in [2.05, 4.69) is 170 Å². The maximum Gasteiger partial charge on any atom is 0.0468 e. The van der Waals surface area contributed by atoms with E-state index in [-0.39, 0.29) is 5.41 Å². The standard InChI is InChI=1S/C41H31N/c1-41(2)38-26-24-33(27-37(38)40-36-17-9-7-12-29(36)21-25-39(40)41)42(31-14-4-3-5-15-31)32-22-19-30(20-23-32)35-18-10-13-28-11-6-8-16-34(28)35/h3-27H,1-2H3. The van der Waals surface area contributed by atoms with Crippen LogP contribution in [0, 0.1) is 0 Å². The summed E-state index contributed by atoms with van der Waals surface area (Å²) in [6.07, 6.45) is 0. The highest BCUT2D eigenvalue weighted by molar-refractivity contribution is 6.03. The largest absolute Gasteiger partial charge is 0.310 e. The quantitative estimate of drug-likeness (QED) is 0.216. The van der Waals surface area contributed by atoms with Crippen LogP contribution in [0.4, 0.5) is 17.1 Å². The van der Waals surface area contributed by atoms with E-state index in [1.54, 1.807) is 0 Å². The third kappa shape index (κ3) is 3.78. The fourth-order valence-corrected chi connectivity index (χ4v) is 6.94. The first-order valence-corrected chi connectivity index (χ1v) is 14.7. The van der Waals surface area contributed by atoms with Gasteiger partial charge in [0.05, 0.1) is 0 Å². The number of anilines is 3. The average molecular weight is 538 g/mol. The monoisotopic (exact) mass is 537 g/mol. The molecule has 0 atom stereocenters. The van der Waals surface area contributed by atoms with Crippen LogP contribution in [0.15, 0.2) is 152 Å². The van der Waals surface area contributed by atoms with Crippen molar-refractivity contribution in [3.05, 3.63) is 163 Å². The Hall–Kier alpha value is -5.14. The fourth-order valence-electron chi connectivity index (χ4n) is 6.94. The summed E-state index contributed by atoms with van der Waals surface area (Å²) in [5, 5.41) is 5.15. The first-order chi connectivity index (χ1) is 20.6. The molecule has 0 unspecified atom stereocenters. The van der Waals surface area contributed by atoms with Crippen LogP contribution in [0.2, 0.25) is 0 Å². The fraction of sp³-hybridized carbons (Fsp3) is 0.0732. The number of nitrogens with zero attached hydrogens (tertiary/aromatic N) is 1. The van der Waals surface area contributed by atoms with Gasteiger partial charge >= 0.3 is 0 Å². The topological polar surface area (TPSA) is 3.24 Å². The van der Waals surface area contributed by atoms with Gasteiger partial charge in [-0.2, -0.15) is 0 Å². The number of benzene rings is 7. The highest BCUT2D eigenvalue weighted by atomic mass is 15.1. The van der Waals surface area contributed by atoms with E-state index >= 15 is 0 Å². The van der Waals surface area contributed by atoms with Gasteiger partial charge in [0.2, 0.25) is 0 Å². The number of hydrogen-bond acceptors (Lipinski definition) is 1. The zero-order valence-corrected chi connectivity index (χ0v) is 23.9. The molecule has 0 aliphatic heterocycles. The van der Waals surface area contributed by atoms with Crippen LogP contribution in [-0.2, 0) is 5.41 Å². The van der Waals surface area contributed by atoms with Crippen LogP contribution in [0.25, 0.3) is 43.8 Å². The van der Waals surface area contributed by atoms with Crippen LogP contribution in [0.1, 0.15) is 25.0 Å². The lowest BCUT2D eigenvalue weighted by atomic mass is 9.82. The second-order valence-corrected chi connectivity index (χ2v) is 11.8. The molecule has 0 fully saturated rings. The van der Waals surface area contributed by atoms with Crippen molar-refractivity contribution in [2.45, 2.75) is 19.3 Å². The lowest BCUT2D eigenvalue weighted by molar-refractivity contribution is 0.661. The van der Waals surface area contributed by atoms with Gasteiger partial charge in [0, 0.05) is 22.5 Å². The smallest absolute Gasteiger partial charge is 0.0468 e. The van der Waals surface area contributed by atoms with Crippen LogP contribution >= 0.6 is 0 Å². The van der Waals surface area contributed by atoms with E-state index in [0.717, 1.165) is 17.1 Å². The van der Waals surface area contributed by atoms with Crippen molar-refractivity contribution in [1.82, 2.24) is 0 Å². The molecule has 0 aromatic heterocycles. The first kappa shape index (κ1) is 24.6. The molecule has 0 N–H and O–H groups in total. The molecule has 0 bridgehead atoms. The number of fused-ring (bicyclic) bond motifs is 6. The van der Waals surface area contributed by atoms with Gasteiger partial charge in [-0.05, 0) is 91.3 Å². The molecule has 0 saturated carbocycles. The Balaban J connectivity index is 1.28. The van der Waals surface area contributed by atoms with Crippen LogP contribution in [0.5, 0.6) is 0 Å². The van der Waals surface area contributed by atoms with E-state index < -0.39 is 0 Å². The first-order valence-electron chi connectivity index (χ1n) is 14.7. The number of para-hydroxylation sites is 1. The summed E-state index contributed by atoms with van der Waals surface area (Å²) in [5.41, 5.74) is 11.4. The minimum Gasteiger partial charge on any atom is -0.310 e. The van der Waals surface area contributed by atoms with Gasteiger partial charge in [-0.3, -0.25) is 0 Å². The van der Waals surface area contributed by atoms with Crippen molar-refractivity contribution in [3.8, 4) is 22.3 Å². The molecule has 1 heteroatoms. The minimum absolute atomic E-state index is 0.0507. The Morgan fingerprint density at radius 3 is 1.81 bits per heavy atom. The van der Waals surface area contributed by atoms with Crippen molar-refractivity contribution in [2.24, 2.45) is 0 Å². The maximum absolute atomic E-state index is 2.40. The van der Waals surface area contributed by atoms with E-state index in [9.17, 15) is 0 Å². The summed E-state index contributed by atoms with van der Waals surface area (Å²) in [7, 11) is 0. The summed E-state index contributed by atoms with van der Waals surface area (Å²) < 4.78 is 0. The van der Waals surface area contributed by atoms with Crippen molar-refractivity contribution >= 4 is 38.6 Å². The highest BCUT2D eigenvalue weighted by Crippen LogP contribution is 2.53. The lowest BCUT2D eigenvalue weighted by Crippen LogP contribution is -2.15. The highest BCUT2D eigenvalue weighted by Gasteiger charge is 2.36. The van der Waals surface area contributed by atoms with E-state index in [4.69, 9.17) is 0 Å². The van der Waals surface area contributed by atoms with Gasteiger partial charge in [0.25, 0.3) is 0 Å².